The van der Waals surface area contributed by atoms with E-state index in [1.807, 2.05) is 17.9 Å². The monoisotopic (exact) mass is 937 g/mol. The summed E-state index contributed by atoms with van der Waals surface area (Å²) in [5.74, 6) is 2.00. The summed E-state index contributed by atoms with van der Waals surface area (Å²) in [4.78, 5) is 22.3. The Morgan fingerprint density at radius 3 is 2.43 bits per heavy atom. The Morgan fingerprint density at radius 1 is 1.00 bits per heavy atom. The minimum absolute atomic E-state index is 0.0109. The molecule has 3 aliphatic rings. The summed E-state index contributed by atoms with van der Waals surface area (Å²) in [6.45, 7) is 16.0. The summed E-state index contributed by atoms with van der Waals surface area (Å²) in [7, 11) is -8.54. The van der Waals surface area contributed by atoms with Crippen molar-refractivity contribution in [3.63, 3.8) is 0 Å². The molecule has 2 aromatic carbocycles. The lowest BCUT2D eigenvalue weighted by molar-refractivity contribution is -0.0500. The number of nitrogens with zero attached hydrogens (tertiary/aromatic N) is 6. The van der Waals surface area contributed by atoms with Gasteiger partial charge in [-0.05, 0) is 72.6 Å². The summed E-state index contributed by atoms with van der Waals surface area (Å²) in [5, 5.41) is 0.580. The number of aromatic nitrogens is 4. The summed E-state index contributed by atoms with van der Waals surface area (Å²) < 4.78 is 116. The van der Waals surface area contributed by atoms with E-state index in [-0.39, 0.29) is 100 Å². The molecule has 65 heavy (non-hydrogen) atoms. The van der Waals surface area contributed by atoms with Gasteiger partial charge in [-0.15, -0.1) is 5.54 Å². The molecule has 0 radical (unpaired) electrons. The van der Waals surface area contributed by atoms with Gasteiger partial charge in [0, 0.05) is 41.2 Å². The van der Waals surface area contributed by atoms with E-state index in [1.165, 1.54) is 0 Å². The standard InChI is InChI=1S/C46H52F5N7O5SSi/c1-26(2)65(27(3)4,28(5)6)20-14-30-11-8-12-31-21-33(63-64(59,60)46(49,50)51)22-35(36(30)31)39-38(48)40-37-42(56-44(55-40)62-25-45-15-10-17-57(45)24-32(47)23-45)58(18-19-61-43(37)54-39)29(7)34-13-9-16-53-41(34)52/h8-9,11-13,16,21-22,26-29,32H,10,15,17-19,23-25H2,1-7H3,(H2,52,53)/t29-,32-,45+/m1/s1. The first-order valence-corrected chi connectivity index (χ1v) is 25.5. The van der Waals surface area contributed by atoms with Crippen molar-refractivity contribution >= 4 is 51.5 Å². The van der Waals surface area contributed by atoms with Crippen LogP contribution < -0.4 is 24.3 Å². The third-order valence-corrected chi connectivity index (χ3v) is 20.8. The number of nitrogen functional groups attached to an aromatic ring is 1. The van der Waals surface area contributed by atoms with Crippen molar-refractivity contribution in [2.45, 2.75) is 108 Å². The van der Waals surface area contributed by atoms with Crippen molar-refractivity contribution in [3.8, 4) is 40.4 Å². The van der Waals surface area contributed by atoms with Crippen molar-refractivity contribution in [1.82, 2.24) is 24.8 Å². The molecule has 0 saturated carbocycles. The van der Waals surface area contributed by atoms with Crippen LogP contribution in [0.2, 0.25) is 16.6 Å². The van der Waals surface area contributed by atoms with Crippen molar-refractivity contribution in [1.29, 1.82) is 0 Å². The average molecular weight is 938 g/mol. The second-order valence-corrected chi connectivity index (χ2v) is 25.3. The first-order chi connectivity index (χ1) is 30.7. The van der Waals surface area contributed by atoms with E-state index in [0.717, 1.165) is 18.6 Å². The maximum atomic E-state index is 18.0. The van der Waals surface area contributed by atoms with Gasteiger partial charge in [0.2, 0.25) is 5.88 Å². The molecule has 6 heterocycles. The van der Waals surface area contributed by atoms with E-state index >= 15 is 4.39 Å². The van der Waals surface area contributed by atoms with Crippen LogP contribution in [0.1, 0.15) is 84.9 Å². The molecule has 3 atom stereocenters. The Morgan fingerprint density at radius 2 is 1.74 bits per heavy atom. The van der Waals surface area contributed by atoms with E-state index in [0.29, 0.717) is 24.1 Å². The van der Waals surface area contributed by atoms with Crippen LogP contribution in [0, 0.1) is 17.3 Å². The van der Waals surface area contributed by atoms with Crippen LogP contribution in [-0.4, -0.2) is 91.4 Å². The number of hydrogen-bond acceptors (Lipinski definition) is 12. The van der Waals surface area contributed by atoms with Crippen LogP contribution in [0.3, 0.4) is 0 Å². The van der Waals surface area contributed by atoms with Gasteiger partial charge < -0.3 is 24.3 Å². The number of nitrogens with two attached hydrogens (primary N) is 1. The Kier molecular flexibility index (Phi) is 12.2. The number of halogens is 5. The van der Waals surface area contributed by atoms with Crippen LogP contribution in [-0.2, 0) is 10.1 Å². The molecular formula is C46H52F5N7O5SSi. The highest BCUT2D eigenvalue weighted by Gasteiger charge is 2.50. The minimum atomic E-state index is -6.16. The fraction of sp³-hybridized carbons (Fsp3) is 0.478. The van der Waals surface area contributed by atoms with E-state index in [9.17, 15) is 26.0 Å². The lowest BCUT2D eigenvalue weighted by Crippen LogP contribution is -2.43. The van der Waals surface area contributed by atoms with E-state index in [2.05, 4.69) is 67.9 Å². The molecule has 3 aliphatic heterocycles. The van der Waals surface area contributed by atoms with Gasteiger partial charge in [0.15, 0.2) is 5.82 Å². The van der Waals surface area contributed by atoms with Gasteiger partial charge in [0.05, 0.1) is 18.1 Å². The van der Waals surface area contributed by atoms with Crippen molar-refractivity contribution in [2.24, 2.45) is 0 Å². The molecule has 8 rings (SSSR count). The van der Waals surface area contributed by atoms with E-state index < -0.39 is 58.7 Å². The molecule has 2 N–H and O–H groups in total. The number of alkyl halides is 4. The molecule has 5 aromatic rings. The molecule has 12 nitrogen and oxygen atoms in total. The summed E-state index contributed by atoms with van der Waals surface area (Å²) in [6.07, 6.45) is 2.32. The molecule has 2 fully saturated rings. The van der Waals surface area contributed by atoms with E-state index in [1.54, 1.807) is 30.5 Å². The second kappa shape index (κ2) is 17.2. The summed E-state index contributed by atoms with van der Waals surface area (Å²) >= 11 is 0. The van der Waals surface area contributed by atoms with Gasteiger partial charge in [-0.2, -0.15) is 31.6 Å². The zero-order valence-electron chi connectivity index (χ0n) is 37.3. The van der Waals surface area contributed by atoms with E-state index in [4.69, 9.17) is 29.4 Å². The minimum Gasteiger partial charge on any atom is -0.475 e. The SMILES string of the molecule is CC(C)[Si](C#Cc1cccc2cc(OS(=O)(=O)C(F)(F)F)cc(-c3nc4c5c(nc(OC[C@@]67CCCN6C[C@H](F)C7)nc5c3F)N([C@H](C)c3cccnc3N)CCO4)c12)(C(C)C)C(C)C. The molecular weight excluding hydrogens is 886 g/mol. The highest BCUT2D eigenvalue weighted by atomic mass is 32.2. The average Bonchev–Trinajstić information content (AvgIpc) is 3.69. The third kappa shape index (κ3) is 8.19. The van der Waals surface area contributed by atoms with Crippen molar-refractivity contribution in [3.05, 3.63) is 65.6 Å². The molecule has 3 aromatic heterocycles. The molecule has 19 heteroatoms. The van der Waals surface area contributed by atoms with Crippen LogP contribution in [0.4, 0.5) is 33.6 Å². The van der Waals surface area contributed by atoms with Crippen LogP contribution in [0.15, 0.2) is 48.7 Å². The molecule has 0 unspecified atom stereocenters. The molecule has 0 aliphatic carbocycles. The van der Waals surface area contributed by atoms with Crippen LogP contribution in [0.25, 0.3) is 32.9 Å². The molecule has 0 spiro atoms. The molecule has 346 valence electrons. The number of benzene rings is 2. The summed E-state index contributed by atoms with van der Waals surface area (Å²) in [5.41, 5.74) is 4.62. The number of anilines is 2. The highest BCUT2D eigenvalue weighted by molar-refractivity contribution is 7.88. The quantitative estimate of drug-likeness (QED) is 0.0443. The fourth-order valence-corrected chi connectivity index (χ4v) is 16.2. The summed E-state index contributed by atoms with van der Waals surface area (Å²) in [6, 6.07) is 9.91. The lowest BCUT2D eigenvalue weighted by Gasteiger charge is -2.38. The molecule has 0 bridgehead atoms. The maximum Gasteiger partial charge on any atom is 0.534 e. The highest BCUT2D eigenvalue weighted by Crippen LogP contribution is 2.46. The van der Waals surface area contributed by atoms with Crippen LogP contribution >= 0.6 is 0 Å². The predicted molar refractivity (Wildman–Crippen MR) is 242 cm³/mol. The Labute approximate surface area is 376 Å². The zero-order valence-corrected chi connectivity index (χ0v) is 39.1. The first kappa shape index (κ1) is 46.2. The molecule has 0 amide bonds. The van der Waals surface area contributed by atoms with Gasteiger partial charge in [0.1, 0.15) is 61.4 Å². The second-order valence-electron chi connectivity index (χ2n) is 18.2. The fourth-order valence-electron chi connectivity index (χ4n) is 10.5. The van der Waals surface area contributed by atoms with Gasteiger partial charge in [-0.1, -0.05) is 65.7 Å². The van der Waals surface area contributed by atoms with Gasteiger partial charge >= 0.3 is 21.6 Å². The Balaban J connectivity index is 1.39. The van der Waals surface area contributed by atoms with Gasteiger partial charge in [0.25, 0.3) is 0 Å². The van der Waals surface area contributed by atoms with Crippen molar-refractivity contribution < 1.29 is 44.0 Å². The topological polar surface area (TPSA) is 146 Å². The normalized spacial score (nSPS) is 19.7. The van der Waals surface area contributed by atoms with Gasteiger partial charge in [-0.25, -0.2) is 18.7 Å². The number of fused-ring (bicyclic) bond motifs is 2. The van der Waals surface area contributed by atoms with Crippen molar-refractivity contribution in [2.75, 3.05) is 43.5 Å². The number of ether oxygens (including phenoxy) is 2. The maximum absolute atomic E-state index is 18.0. The largest absolute Gasteiger partial charge is 0.534 e. The Hall–Kier alpha value is -5.32. The zero-order chi connectivity index (χ0) is 46.8. The van der Waals surface area contributed by atoms with Gasteiger partial charge in [-0.3, -0.25) is 4.90 Å². The first-order valence-electron chi connectivity index (χ1n) is 21.8. The number of pyridine rings is 2. The van der Waals surface area contributed by atoms with Crippen LogP contribution in [0.5, 0.6) is 17.6 Å². The lowest BCUT2D eigenvalue weighted by atomic mass is 9.95. The molecule has 2 saturated heterocycles. The third-order valence-electron chi connectivity index (χ3n) is 13.5. The predicted octanol–water partition coefficient (Wildman–Crippen LogP) is 9.67. The Bertz CT molecular complexity index is 2820. The number of rotatable bonds is 11. The number of hydrogen-bond donors (Lipinski definition) is 1. The smallest absolute Gasteiger partial charge is 0.475 e.